The molecule has 1 amide bonds. The summed E-state index contributed by atoms with van der Waals surface area (Å²) in [7, 11) is -2.05. The molecule has 2 aliphatic heterocycles. The van der Waals surface area contributed by atoms with Crippen molar-refractivity contribution in [1.82, 2.24) is 15.2 Å². The third kappa shape index (κ3) is 4.57. The number of fused-ring (bicyclic) bond motifs is 2. The zero-order valence-electron chi connectivity index (χ0n) is 21.1. The molecule has 1 aromatic heterocycles. The Kier molecular flexibility index (Phi) is 5.95. The summed E-state index contributed by atoms with van der Waals surface area (Å²) in [4.78, 5) is 18.4. The molecule has 2 aliphatic rings. The van der Waals surface area contributed by atoms with Gasteiger partial charge in [-0.2, -0.15) is 0 Å². The molecule has 8 heteroatoms. The molecule has 2 fully saturated rings. The van der Waals surface area contributed by atoms with Gasteiger partial charge in [0.2, 0.25) is 0 Å². The van der Waals surface area contributed by atoms with E-state index < -0.39 is 13.9 Å². The highest BCUT2D eigenvalue weighted by Crippen LogP contribution is 2.43. The van der Waals surface area contributed by atoms with Crippen molar-refractivity contribution < 1.29 is 18.3 Å². The van der Waals surface area contributed by atoms with Gasteiger partial charge in [-0.15, -0.1) is 0 Å². The molecular weight excluding hydrogens is 437 g/mol. The third-order valence-electron chi connectivity index (χ3n) is 7.45. The number of rotatable bonds is 3. The first-order valence-corrected chi connectivity index (χ1v) is 14.8. The number of amides is 1. The van der Waals surface area contributed by atoms with Crippen LogP contribution in [0.4, 0.5) is 9.18 Å². The SMILES string of the molecule is CC(C)(C)OC(=O)N1C[C@@H](O[Si](C)(C)C(C)(C)C)C2NCC(c3c[nH]c4cc(F)ccc34)C21. The van der Waals surface area contributed by atoms with E-state index in [4.69, 9.17) is 9.16 Å². The topological polar surface area (TPSA) is 66.6 Å². The van der Waals surface area contributed by atoms with Crippen molar-refractivity contribution in [2.24, 2.45) is 0 Å². The molecule has 182 valence electrons. The summed E-state index contributed by atoms with van der Waals surface area (Å²) in [6.45, 7) is 18.1. The molecule has 0 saturated carbocycles. The van der Waals surface area contributed by atoms with Crippen LogP contribution in [0, 0.1) is 5.82 Å². The Morgan fingerprint density at radius 3 is 2.52 bits per heavy atom. The number of H-pyrrole nitrogens is 1. The minimum absolute atomic E-state index is 0.0158. The number of aromatic amines is 1. The Hall–Kier alpha value is -1.90. The van der Waals surface area contributed by atoms with Gasteiger partial charge in [0.15, 0.2) is 8.32 Å². The first kappa shape index (κ1) is 24.2. The highest BCUT2D eigenvalue weighted by molar-refractivity contribution is 6.74. The quantitative estimate of drug-likeness (QED) is 0.586. The molecule has 3 heterocycles. The lowest BCUT2D eigenvalue weighted by Crippen LogP contribution is -2.49. The van der Waals surface area contributed by atoms with Crippen LogP contribution in [0.15, 0.2) is 24.4 Å². The molecule has 1 aromatic carbocycles. The molecule has 0 spiro atoms. The normalized spacial score (nSPS) is 26.2. The summed E-state index contributed by atoms with van der Waals surface area (Å²) >= 11 is 0. The summed E-state index contributed by atoms with van der Waals surface area (Å²) in [6.07, 6.45) is 1.54. The van der Waals surface area contributed by atoms with Crippen LogP contribution in [0.25, 0.3) is 10.9 Å². The van der Waals surface area contributed by atoms with E-state index in [2.05, 4.69) is 44.2 Å². The van der Waals surface area contributed by atoms with Gasteiger partial charge in [0.1, 0.15) is 11.4 Å². The number of aromatic nitrogens is 1. The summed E-state index contributed by atoms with van der Waals surface area (Å²) in [5, 5.41) is 4.72. The Bertz CT molecular complexity index is 1040. The van der Waals surface area contributed by atoms with Crippen LogP contribution in [0.5, 0.6) is 0 Å². The van der Waals surface area contributed by atoms with Crippen LogP contribution < -0.4 is 5.32 Å². The number of nitrogens with one attached hydrogen (secondary N) is 2. The van der Waals surface area contributed by atoms with Gasteiger partial charge < -0.3 is 24.4 Å². The Morgan fingerprint density at radius 1 is 1.18 bits per heavy atom. The van der Waals surface area contributed by atoms with Crippen molar-refractivity contribution in [1.29, 1.82) is 0 Å². The molecule has 2 N–H and O–H groups in total. The number of halogens is 1. The van der Waals surface area contributed by atoms with Gasteiger partial charge in [-0.05, 0) is 62.7 Å². The van der Waals surface area contributed by atoms with Gasteiger partial charge >= 0.3 is 6.09 Å². The van der Waals surface area contributed by atoms with E-state index in [1.165, 1.54) is 12.1 Å². The fraction of sp³-hybridized carbons (Fsp3) is 0.640. The van der Waals surface area contributed by atoms with Crippen molar-refractivity contribution in [3.05, 3.63) is 35.8 Å². The van der Waals surface area contributed by atoms with Crippen LogP contribution in [0.1, 0.15) is 53.0 Å². The average molecular weight is 476 g/mol. The maximum Gasteiger partial charge on any atom is 0.410 e. The van der Waals surface area contributed by atoms with E-state index in [1.54, 1.807) is 0 Å². The molecule has 0 aliphatic carbocycles. The number of carbonyl (C=O) groups is 1. The minimum Gasteiger partial charge on any atom is -0.444 e. The zero-order valence-corrected chi connectivity index (χ0v) is 22.1. The van der Waals surface area contributed by atoms with Gasteiger partial charge in [0.25, 0.3) is 0 Å². The predicted octanol–water partition coefficient (Wildman–Crippen LogP) is 5.37. The summed E-state index contributed by atoms with van der Waals surface area (Å²) in [5.41, 5.74) is 1.28. The molecule has 4 rings (SSSR count). The van der Waals surface area contributed by atoms with Crippen LogP contribution in [0.2, 0.25) is 18.1 Å². The van der Waals surface area contributed by atoms with Crippen LogP contribution in [0.3, 0.4) is 0 Å². The molecule has 3 unspecified atom stereocenters. The number of carbonyl (C=O) groups excluding carboxylic acids is 1. The Labute approximate surface area is 197 Å². The second-order valence-electron chi connectivity index (χ2n) is 12.0. The standard InChI is InChI=1S/C25H38FN3O3Si/c1-24(2,3)31-23(30)29-14-20(32-33(7,8)25(4,5)6)21-22(29)18(13-28-21)17-12-27-19-11-15(26)9-10-16(17)19/h9-12,18,20-22,27-28H,13-14H2,1-8H3/t18?,20-,21?,22?/m1/s1. The van der Waals surface area contributed by atoms with Crippen molar-refractivity contribution >= 4 is 25.3 Å². The van der Waals surface area contributed by atoms with E-state index in [0.717, 1.165) is 23.0 Å². The Balaban J connectivity index is 1.69. The van der Waals surface area contributed by atoms with Gasteiger partial charge in [-0.1, -0.05) is 20.8 Å². The highest BCUT2D eigenvalue weighted by atomic mass is 28.4. The highest BCUT2D eigenvalue weighted by Gasteiger charge is 2.55. The van der Waals surface area contributed by atoms with Crippen molar-refractivity contribution in [2.75, 3.05) is 13.1 Å². The van der Waals surface area contributed by atoms with Gasteiger partial charge in [-0.25, -0.2) is 9.18 Å². The second kappa shape index (κ2) is 8.10. The Morgan fingerprint density at radius 2 is 1.88 bits per heavy atom. The smallest absolute Gasteiger partial charge is 0.410 e. The fourth-order valence-electron chi connectivity index (χ4n) is 4.85. The summed E-state index contributed by atoms with van der Waals surface area (Å²) < 4.78 is 26.4. The molecule has 0 radical (unpaired) electrons. The minimum atomic E-state index is -2.05. The first-order chi connectivity index (χ1) is 15.2. The second-order valence-corrected chi connectivity index (χ2v) is 16.8. The van der Waals surface area contributed by atoms with Crippen LogP contribution >= 0.6 is 0 Å². The monoisotopic (exact) mass is 475 g/mol. The summed E-state index contributed by atoms with van der Waals surface area (Å²) in [6, 6.07) is 4.74. The number of ether oxygens (including phenoxy) is 1. The van der Waals surface area contributed by atoms with Crippen LogP contribution in [-0.4, -0.2) is 61.2 Å². The number of nitrogens with zero attached hydrogens (tertiary/aromatic N) is 1. The molecular formula is C25H38FN3O3Si. The maximum absolute atomic E-state index is 13.8. The number of likely N-dealkylation sites (tertiary alicyclic amines) is 1. The predicted molar refractivity (Wildman–Crippen MR) is 132 cm³/mol. The van der Waals surface area contributed by atoms with Crippen molar-refractivity contribution in [2.45, 2.75) is 89.4 Å². The van der Waals surface area contributed by atoms with E-state index in [9.17, 15) is 9.18 Å². The molecule has 2 aromatic rings. The fourth-order valence-corrected chi connectivity index (χ4v) is 6.18. The first-order valence-electron chi connectivity index (χ1n) is 11.9. The van der Waals surface area contributed by atoms with E-state index in [1.807, 2.05) is 37.9 Å². The number of hydrogen-bond donors (Lipinski definition) is 2. The van der Waals surface area contributed by atoms with E-state index in [-0.39, 0.29) is 41.1 Å². The lowest BCUT2D eigenvalue weighted by molar-refractivity contribution is 0.0199. The average Bonchev–Trinajstić information content (AvgIpc) is 3.33. The maximum atomic E-state index is 13.8. The van der Waals surface area contributed by atoms with Crippen molar-refractivity contribution in [3.8, 4) is 0 Å². The number of benzene rings is 1. The van der Waals surface area contributed by atoms with E-state index >= 15 is 0 Å². The lowest BCUT2D eigenvalue weighted by atomic mass is 9.91. The molecule has 2 saturated heterocycles. The van der Waals surface area contributed by atoms with Gasteiger partial charge in [0.05, 0.1) is 24.7 Å². The van der Waals surface area contributed by atoms with E-state index in [0.29, 0.717) is 6.54 Å². The van der Waals surface area contributed by atoms with Crippen LogP contribution in [-0.2, 0) is 9.16 Å². The summed E-state index contributed by atoms with van der Waals surface area (Å²) in [5.74, 6) is -0.216. The van der Waals surface area contributed by atoms with Gasteiger partial charge in [0, 0.05) is 29.6 Å². The lowest BCUT2D eigenvalue weighted by Gasteiger charge is -2.39. The molecule has 4 atom stereocenters. The number of hydrogen-bond acceptors (Lipinski definition) is 4. The molecule has 33 heavy (non-hydrogen) atoms. The third-order valence-corrected chi connectivity index (χ3v) is 12.0. The largest absolute Gasteiger partial charge is 0.444 e. The van der Waals surface area contributed by atoms with Gasteiger partial charge in [-0.3, -0.25) is 0 Å². The molecule has 6 nitrogen and oxygen atoms in total. The zero-order chi connectivity index (χ0) is 24.3. The van der Waals surface area contributed by atoms with Crippen molar-refractivity contribution in [3.63, 3.8) is 0 Å². The molecule has 0 bridgehead atoms.